The quantitative estimate of drug-likeness (QED) is 0.666. The average molecular weight is 242 g/mol. The summed E-state index contributed by atoms with van der Waals surface area (Å²) in [7, 11) is 0. The summed E-state index contributed by atoms with van der Waals surface area (Å²) in [6, 6.07) is 1.16. The monoisotopic (exact) mass is 242 g/mol. The largest absolute Gasteiger partial charge is 0.392 e. The minimum Gasteiger partial charge on any atom is -0.392 e. The van der Waals surface area contributed by atoms with Crippen molar-refractivity contribution in [2.75, 3.05) is 13.1 Å². The van der Waals surface area contributed by atoms with Gasteiger partial charge in [0.05, 0.1) is 6.10 Å². The Morgan fingerprint density at radius 2 is 2.12 bits per heavy atom. The van der Waals surface area contributed by atoms with Crippen LogP contribution in [0.5, 0.6) is 0 Å². The number of nitrogens with one attached hydrogen (secondary N) is 2. The Morgan fingerprint density at radius 3 is 2.65 bits per heavy atom. The number of aliphatic hydroxyl groups excluding tert-OH is 1. The Bertz CT molecular complexity index is 207. The highest BCUT2D eigenvalue weighted by atomic mass is 16.3. The lowest BCUT2D eigenvalue weighted by Gasteiger charge is -2.25. The summed E-state index contributed by atoms with van der Waals surface area (Å²) in [6.07, 6.45) is 4.41. The summed E-state index contributed by atoms with van der Waals surface area (Å²) in [6.45, 7) is 10.6. The van der Waals surface area contributed by atoms with Crippen LogP contribution in [0.3, 0.4) is 0 Å². The molecule has 1 rings (SSSR count). The van der Waals surface area contributed by atoms with Gasteiger partial charge in [0.1, 0.15) is 0 Å². The van der Waals surface area contributed by atoms with Gasteiger partial charge >= 0.3 is 0 Å². The molecule has 102 valence electrons. The Morgan fingerprint density at radius 1 is 1.41 bits per heavy atom. The van der Waals surface area contributed by atoms with Crippen LogP contribution in [0, 0.1) is 5.41 Å². The molecule has 0 aliphatic carbocycles. The van der Waals surface area contributed by atoms with Gasteiger partial charge in [-0.3, -0.25) is 0 Å². The zero-order valence-corrected chi connectivity index (χ0v) is 11.9. The fraction of sp³-hybridized carbons (Fsp3) is 1.00. The number of hydrogen-bond acceptors (Lipinski definition) is 3. The van der Waals surface area contributed by atoms with Crippen molar-refractivity contribution in [3.8, 4) is 0 Å². The molecule has 1 fully saturated rings. The van der Waals surface area contributed by atoms with E-state index < -0.39 is 0 Å². The summed E-state index contributed by atoms with van der Waals surface area (Å²) in [5.41, 5.74) is 0.206. The minimum absolute atomic E-state index is 0.206. The number of rotatable bonds is 6. The van der Waals surface area contributed by atoms with Crippen molar-refractivity contribution in [1.82, 2.24) is 10.6 Å². The van der Waals surface area contributed by atoms with Gasteiger partial charge in [-0.25, -0.2) is 0 Å². The molecule has 0 saturated carbocycles. The summed E-state index contributed by atoms with van der Waals surface area (Å²) in [5.74, 6) is 0. The molecule has 0 aromatic carbocycles. The molecule has 1 saturated heterocycles. The second kappa shape index (κ2) is 6.72. The van der Waals surface area contributed by atoms with Crippen molar-refractivity contribution < 1.29 is 5.11 Å². The summed E-state index contributed by atoms with van der Waals surface area (Å²) >= 11 is 0. The third-order valence-corrected chi connectivity index (χ3v) is 3.35. The van der Waals surface area contributed by atoms with Gasteiger partial charge in [0.15, 0.2) is 0 Å². The Balaban J connectivity index is 2.11. The van der Waals surface area contributed by atoms with Crippen LogP contribution in [-0.4, -0.2) is 36.4 Å². The van der Waals surface area contributed by atoms with Gasteiger partial charge in [0.2, 0.25) is 0 Å². The van der Waals surface area contributed by atoms with E-state index in [1.807, 2.05) is 0 Å². The zero-order valence-electron chi connectivity index (χ0n) is 11.9. The first-order valence-corrected chi connectivity index (χ1v) is 7.01. The Hall–Kier alpha value is -0.120. The van der Waals surface area contributed by atoms with Crippen LogP contribution in [0.25, 0.3) is 0 Å². The van der Waals surface area contributed by atoms with Crippen molar-refractivity contribution >= 4 is 0 Å². The van der Waals surface area contributed by atoms with Gasteiger partial charge in [-0.15, -0.1) is 0 Å². The Labute approximate surface area is 106 Å². The first-order valence-electron chi connectivity index (χ1n) is 7.01. The van der Waals surface area contributed by atoms with Gasteiger partial charge in [-0.2, -0.15) is 0 Å². The standard InChI is InChI=1S/C14H30N2O/c1-11(8-12-6-5-7-15-12)16-10-13(17)9-14(2,3)4/h11-13,15-17H,5-10H2,1-4H3. The SMILES string of the molecule is CC(CC1CCCN1)NCC(O)CC(C)(C)C. The van der Waals surface area contributed by atoms with E-state index in [-0.39, 0.29) is 11.5 Å². The number of aliphatic hydroxyl groups is 1. The maximum atomic E-state index is 9.92. The predicted molar refractivity (Wildman–Crippen MR) is 73.2 cm³/mol. The molecule has 3 N–H and O–H groups in total. The van der Waals surface area contributed by atoms with Crippen LogP contribution in [-0.2, 0) is 0 Å². The predicted octanol–water partition coefficient (Wildman–Crippen LogP) is 1.90. The molecule has 0 bridgehead atoms. The van der Waals surface area contributed by atoms with Crippen LogP contribution in [0.2, 0.25) is 0 Å². The number of hydrogen-bond donors (Lipinski definition) is 3. The summed E-state index contributed by atoms with van der Waals surface area (Å²) < 4.78 is 0. The molecule has 0 amide bonds. The smallest absolute Gasteiger partial charge is 0.0669 e. The van der Waals surface area contributed by atoms with Crippen LogP contribution in [0.4, 0.5) is 0 Å². The highest BCUT2D eigenvalue weighted by molar-refractivity contribution is 4.79. The lowest BCUT2D eigenvalue weighted by atomic mass is 9.89. The maximum Gasteiger partial charge on any atom is 0.0669 e. The van der Waals surface area contributed by atoms with Crippen molar-refractivity contribution in [3.05, 3.63) is 0 Å². The van der Waals surface area contributed by atoms with E-state index in [0.717, 1.165) is 6.42 Å². The molecule has 3 unspecified atom stereocenters. The molecule has 0 aromatic heterocycles. The van der Waals surface area contributed by atoms with Crippen molar-refractivity contribution in [2.24, 2.45) is 5.41 Å². The van der Waals surface area contributed by atoms with Gasteiger partial charge < -0.3 is 15.7 Å². The van der Waals surface area contributed by atoms with E-state index in [1.165, 1.54) is 25.8 Å². The fourth-order valence-electron chi connectivity index (χ4n) is 2.58. The van der Waals surface area contributed by atoms with E-state index in [4.69, 9.17) is 0 Å². The van der Waals surface area contributed by atoms with Crippen LogP contribution in [0.15, 0.2) is 0 Å². The van der Waals surface area contributed by atoms with E-state index in [0.29, 0.717) is 18.6 Å². The van der Waals surface area contributed by atoms with Gasteiger partial charge in [0, 0.05) is 18.6 Å². The topological polar surface area (TPSA) is 44.3 Å². The highest BCUT2D eigenvalue weighted by Gasteiger charge is 2.19. The van der Waals surface area contributed by atoms with E-state index in [9.17, 15) is 5.11 Å². The first kappa shape index (κ1) is 14.9. The molecule has 1 aliphatic rings. The molecule has 3 atom stereocenters. The van der Waals surface area contributed by atoms with Crippen molar-refractivity contribution in [3.63, 3.8) is 0 Å². The molecule has 0 spiro atoms. The fourth-order valence-corrected chi connectivity index (χ4v) is 2.58. The van der Waals surface area contributed by atoms with Gasteiger partial charge in [0.25, 0.3) is 0 Å². The lowest BCUT2D eigenvalue weighted by molar-refractivity contribution is 0.116. The third-order valence-electron chi connectivity index (χ3n) is 3.35. The summed E-state index contributed by atoms with van der Waals surface area (Å²) in [4.78, 5) is 0. The molecule has 17 heavy (non-hydrogen) atoms. The molecule has 3 nitrogen and oxygen atoms in total. The van der Waals surface area contributed by atoms with E-state index >= 15 is 0 Å². The Kier molecular flexibility index (Phi) is 5.90. The highest BCUT2D eigenvalue weighted by Crippen LogP contribution is 2.20. The first-order chi connectivity index (χ1) is 7.87. The van der Waals surface area contributed by atoms with Crippen LogP contribution >= 0.6 is 0 Å². The van der Waals surface area contributed by atoms with Crippen LogP contribution in [0.1, 0.15) is 53.4 Å². The van der Waals surface area contributed by atoms with E-state index in [1.54, 1.807) is 0 Å². The van der Waals surface area contributed by atoms with Crippen LogP contribution < -0.4 is 10.6 Å². The summed E-state index contributed by atoms with van der Waals surface area (Å²) in [5, 5.41) is 16.9. The molecule has 0 radical (unpaired) electrons. The molecule has 0 aromatic rings. The second-order valence-electron chi connectivity index (χ2n) is 6.76. The molecule has 1 aliphatic heterocycles. The molecule has 1 heterocycles. The molecular formula is C14H30N2O. The average Bonchev–Trinajstić information content (AvgIpc) is 2.64. The van der Waals surface area contributed by atoms with Crippen molar-refractivity contribution in [2.45, 2.75) is 71.6 Å². The lowest BCUT2D eigenvalue weighted by Crippen LogP contribution is -2.38. The van der Waals surface area contributed by atoms with Gasteiger partial charge in [-0.05, 0) is 44.6 Å². The van der Waals surface area contributed by atoms with E-state index in [2.05, 4.69) is 38.3 Å². The minimum atomic E-state index is -0.228. The normalized spacial score (nSPS) is 24.9. The van der Waals surface area contributed by atoms with Gasteiger partial charge in [-0.1, -0.05) is 20.8 Å². The zero-order chi connectivity index (χ0) is 12.9. The maximum absolute atomic E-state index is 9.92. The molecular weight excluding hydrogens is 212 g/mol. The third kappa shape index (κ3) is 7.02. The van der Waals surface area contributed by atoms with Crippen molar-refractivity contribution in [1.29, 1.82) is 0 Å². The molecule has 3 heteroatoms. The second-order valence-corrected chi connectivity index (χ2v) is 6.76.